The predicted octanol–water partition coefficient (Wildman–Crippen LogP) is 2.17. The first kappa shape index (κ1) is 24.2. The zero-order valence-corrected chi connectivity index (χ0v) is 19.0. The Hall–Kier alpha value is -3.42. The van der Waals surface area contributed by atoms with E-state index >= 15 is 0 Å². The molecular formula is C25H31N3O5. The molecule has 2 aliphatic rings. The number of carboxylic acids is 1. The Kier molecular flexibility index (Phi) is 8.03. The minimum absolute atomic E-state index is 0.144. The lowest BCUT2D eigenvalue weighted by molar-refractivity contribution is -0.147. The number of benzene rings is 1. The highest BCUT2D eigenvalue weighted by Gasteiger charge is 2.39. The van der Waals surface area contributed by atoms with Gasteiger partial charge in [-0.1, -0.05) is 56.7 Å². The Morgan fingerprint density at radius 3 is 2.58 bits per heavy atom. The van der Waals surface area contributed by atoms with E-state index in [2.05, 4.69) is 10.6 Å². The van der Waals surface area contributed by atoms with Crippen molar-refractivity contribution in [2.75, 3.05) is 6.54 Å². The molecule has 0 radical (unpaired) electrons. The van der Waals surface area contributed by atoms with Crippen LogP contribution in [0.4, 0.5) is 0 Å². The molecule has 33 heavy (non-hydrogen) atoms. The van der Waals surface area contributed by atoms with Crippen LogP contribution in [0, 0.1) is 5.92 Å². The van der Waals surface area contributed by atoms with Crippen LogP contribution in [-0.4, -0.2) is 52.3 Å². The Balaban J connectivity index is 1.63. The molecule has 0 saturated carbocycles. The van der Waals surface area contributed by atoms with Gasteiger partial charge in [-0.2, -0.15) is 0 Å². The largest absolute Gasteiger partial charge is 0.480 e. The molecular weight excluding hydrogens is 422 g/mol. The Labute approximate surface area is 193 Å². The second kappa shape index (κ2) is 10.9. The van der Waals surface area contributed by atoms with E-state index in [0.29, 0.717) is 18.5 Å². The lowest BCUT2D eigenvalue weighted by atomic mass is 9.98. The summed E-state index contributed by atoms with van der Waals surface area (Å²) in [5, 5.41) is 15.0. The summed E-state index contributed by atoms with van der Waals surface area (Å²) in [6.07, 6.45) is 6.37. The number of rotatable bonds is 9. The molecule has 3 atom stereocenters. The molecule has 0 aromatic heterocycles. The van der Waals surface area contributed by atoms with Crippen molar-refractivity contribution in [1.82, 2.24) is 15.5 Å². The predicted molar refractivity (Wildman–Crippen MR) is 123 cm³/mol. The van der Waals surface area contributed by atoms with Crippen LogP contribution in [-0.2, 0) is 25.6 Å². The second-order valence-corrected chi connectivity index (χ2v) is 8.56. The topological polar surface area (TPSA) is 116 Å². The molecule has 3 rings (SSSR count). The van der Waals surface area contributed by atoms with E-state index in [9.17, 15) is 24.3 Å². The summed E-state index contributed by atoms with van der Waals surface area (Å²) in [5.74, 6) is -2.43. The lowest BCUT2D eigenvalue weighted by Gasteiger charge is -2.26. The number of carbonyl (C=O) groups excluding carboxylic acids is 3. The van der Waals surface area contributed by atoms with Crippen molar-refractivity contribution in [2.45, 2.75) is 58.0 Å². The third-order valence-electron chi connectivity index (χ3n) is 6.25. The third-order valence-corrected chi connectivity index (χ3v) is 6.25. The second-order valence-electron chi connectivity index (χ2n) is 8.56. The molecule has 1 aromatic rings. The summed E-state index contributed by atoms with van der Waals surface area (Å²) in [5.41, 5.74) is 2.42. The summed E-state index contributed by atoms with van der Waals surface area (Å²) in [7, 11) is 0. The highest BCUT2D eigenvalue weighted by atomic mass is 16.4. The number of aliphatic carboxylic acids is 1. The zero-order chi connectivity index (χ0) is 24.0. The summed E-state index contributed by atoms with van der Waals surface area (Å²) in [6, 6.07) is 7.49. The number of carboxylic acid groups (broad SMARTS) is 1. The Morgan fingerprint density at radius 2 is 1.91 bits per heavy atom. The van der Waals surface area contributed by atoms with Gasteiger partial charge in [-0.3, -0.25) is 19.3 Å². The van der Waals surface area contributed by atoms with Gasteiger partial charge in [0, 0.05) is 12.1 Å². The summed E-state index contributed by atoms with van der Waals surface area (Å²) in [6.45, 7) is 3.44. The van der Waals surface area contributed by atoms with Gasteiger partial charge in [0.1, 0.15) is 12.1 Å². The van der Waals surface area contributed by atoms with Crippen LogP contribution in [0.5, 0.6) is 0 Å². The summed E-state index contributed by atoms with van der Waals surface area (Å²) < 4.78 is 0. The smallest absolute Gasteiger partial charge is 0.327 e. The van der Waals surface area contributed by atoms with Crippen LogP contribution in [0.15, 0.2) is 53.8 Å². The number of allylic oxidation sites excluding steroid dienone is 2. The molecule has 0 saturated heterocycles. The fourth-order valence-electron chi connectivity index (χ4n) is 4.22. The van der Waals surface area contributed by atoms with E-state index in [4.69, 9.17) is 0 Å². The third kappa shape index (κ3) is 5.88. The van der Waals surface area contributed by atoms with Crippen LogP contribution < -0.4 is 10.6 Å². The average Bonchev–Trinajstić information content (AvgIpc) is 3.21. The fourth-order valence-corrected chi connectivity index (χ4v) is 4.22. The molecule has 1 aromatic carbocycles. The van der Waals surface area contributed by atoms with Gasteiger partial charge in [0.25, 0.3) is 0 Å². The molecule has 3 amide bonds. The van der Waals surface area contributed by atoms with E-state index in [-0.39, 0.29) is 24.8 Å². The highest BCUT2D eigenvalue weighted by Crippen LogP contribution is 2.35. The normalized spacial score (nSPS) is 19.0. The average molecular weight is 454 g/mol. The van der Waals surface area contributed by atoms with E-state index in [1.54, 1.807) is 6.08 Å². The molecule has 1 heterocycles. The van der Waals surface area contributed by atoms with Gasteiger partial charge in [0.2, 0.25) is 17.7 Å². The van der Waals surface area contributed by atoms with E-state index in [1.165, 1.54) is 4.90 Å². The van der Waals surface area contributed by atoms with Gasteiger partial charge in [-0.05, 0) is 36.0 Å². The van der Waals surface area contributed by atoms with Crippen molar-refractivity contribution in [3.8, 4) is 0 Å². The number of carbonyl (C=O) groups is 4. The molecule has 0 fully saturated rings. The first-order valence-corrected chi connectivity index (χ1v) is 11.4. The maximum atomic E-state index is 12.9. The lowest BCUT2D eigenvalue weighted by Crippen LogP contribution is -2.53. The summed E-state index contributed by atoms with van der Waals surface area (Å²) in [4.78, 5) is 51.4. The Morgan fingerprint density at radius 1 is 1.18 bits per heavy atom. The van der Waals surface area contributed by atoms with Gasteiger partial charge >= 0.3 is 5.97 Å². The molecule has 1 aliphatic carbocycles. The van der Waals surface area contributed by atoms with Gasteiger partial charge in [0.15, 0.2) is 0 Å². The first-order valence-electron chi connectivity index (χ1n) is 11.4. The van der Waals surface area contributed by atoms with Crippen molar-refractivity contribution in [1.29, 1.82) is 0 Å². The zero-order valence-electron chi connectivity index (χ0n) is 19.0. The van der Waals surface area contributed by atoms with Crippen molar-refractivity contribution >= 4 is 23.7 Å². The highest BCUT2D eigenvalue weighted by molar-refractivity contribution is 5.93. The molecule has 176 valence electrons. The number of hydrogen-bond donors (Lipinski definition) is 3. The number of amides is 3. The van der Waals surface area contributed by atoms with E-state index in [0.717, 1.165) is 24.0 Å². The van der Waals surface area contributed by atoms with E-state index in [1.807, 2.05) is 50.3 Å². The number of nitrogens with one attached hydrogen (secondary N) is 2. The minimum atomic E-state index is -1.07. The molecule has 1 aliphatic heterocycles. The van der Waals surface area contributed by atoms with Crippen LogP contribution in [0.3, 0.4) is 0 Å². The van der Waals surface area contributed by atoms with Gasteiger partial charge in [-0.15, -0.1) is 0 Å². The number of nitrogens with zero attached hydrogens (tertiary/aromatic N) is 1. The fraction of sp³-hybridized carbons (Fsp3) is 0.440. The SMILES string of the molecule is CC[C@H](C)[C@H](NC(=O)Cc1ccccc1)C(=O)NCC(=O)N1C2=C(CCC=C2)C[C@H]1C(=O)O. The van der Waals surface area contributed by atoms with Crippen molar-refractivity contribution in [3.05, 3.63) is 59.3 Å². The molecule has 0 bridgehead atoms. The van der Waals surface area contributed by atoms with Crippen LogP contribution in [0.25, 0.3) is 0 Å². The molecule has 0 spiro atoms. The monoisotopic (exact) mass is 453 g/mol. The van der Waals surface area contributed by atoms with Gasteiger partial charge < -0.3 is 15.7 Å². The van der Waals surface area contributed by atoms with Gasteiger partial charge in [-0.25, -0.2) is 4.79 Å². The first-order chi connectivity index (χ1) is 15.8. The maximum Gasteiger partial charge on any atom is 0.327 e. The molecule has 0 unspecified atom stereocenters. The molecule has 3 N–H and O–H groups in total. The van der Waals surface area contributed by atoms with Crippen molar-refractivity contribution < 1.29 is 24.3 Å². The summed E-state index contributed by atoms with van der Waals surface area (Å²) >= 11 is 0. The Bertz CT molecular complexity index is 970. The van der Waals surface area contributed by atoms with E-state index < -0.39 is 29.9 Å². The maximum absolute atomic E-state index is 12.9. The van der Waals surface area contributed by atoms with Crippen LogP contribution in [0.2, 0.25) is 0 Å². The van der Waals surface area contributed by atoms with Crippen molar-refractivity contribution in [3.63, 3.8) is 0 Å². The number of hydrogen-bond acceptors (Lipinski definition) is 4. The van der Waals surface area contributed by atoms with Crippen molar-refractivity contribution in [2.24, 2.45) is 5.92 Å². The van der Waals surface area contributed by atoms with Gasteiger partial charge in [0.05, 0.1) is 13.0 Å². The minimum Gasteiger partial charge on any atom is -0.480 e. The molecule has 8 nitrogen and oxygen atoms in total. The van der Waals surface area contributed by atoms with Crippen LogP contribution in [0.1, 0.15) is 45.1 Å². The van der Waals surface area contributed by atoms with Crippen LogP contribution >= 0.6 is 0 Å². The standard InChI is InChI=1S/C25H31N3O5/c1-3-16(2)23(27-21(29)13-17-9-5-4-6-10-17)24(31)26-15-22(30)28-19-12-8-7-11-18(19)14-20(28)25(32)33/h4-6,8-10,12,16,20,23H,3,7,11,13-15H2,1-2H3,(H,26,31)(H,27,29)(H,32,33)/t16-,20-,23-/m0/s1. The molecule has 8 heteroatoms. The quantitative estimate of drug-likeness (QED) is 0.530.